The Morgan fingerprint density at radius 3 is 2.53 bits per heavy atom. The molecule has 110 valence electrons. The molecular weight excluding hydrogens is 238 g/mol. The van der Waals surface area contributed by atoms with Crippen LogP contribution in [0, 0.1) is 17.3 Å². The van der Waals surface area contributed by atoms with Crippen LogP contribution in [0.5, 0.6) is 0 Å². The van der Waals surface area contributed by atoms with Gasteiger partial charge in [0.2, 0.25) is 5.91 Å². The van der Waals surface area contributed by atoms with Crippen LogP contribution < -0.4 is 0 Å². The van der Waals surface area contributed by atoms with E-state index in [4.69, 9.17) is 0 Å². The van der Waals surface area contributed by atoms with Crippen LogP contribution in [0.3, 0.4) is 0 Å². The van der Waals surface area contributed by atoms with E-state index in [-0.39, 0.29) is 11.5 Å². The number of aliphatic hydroxyl groups is 1. The Labute approximate surface area is 117 Å². The topological polar surface area (TPSA) is 40.5 Å². The van der Waals surface area contributed by atoms with Gasteiger partial charge >= 0.3 is 0 Å². The molecule has 0 bridgehead atoms. The third-order valence-electron chi connectivity index (χ3n) is 5.02. The van der Waals surface area contributed by atoms with Crippen molar-refractivity contribution < 1.29 is 9.90 Å². The minimum Gasteiger partial charge on any atom is -0.391 e. The highest BCUT2D eigenvalue weighted by molar-refractivity contribution is 5.83. The fraction of sp³-hybridized carbons (Fsp3) is 0.938. The summed E-state index contributed by atoms with van der Waals surface area (Å²) in [5.74, 6) is 1.22. The Morgan fingerprint density at radius 1 is 1.37 bits per heavy atom. The normalized spacial score (nSPS) is 30.9. The van der Waals surface area contributed by atoms with Gasteiger partial charge < -0.3 is 10.0 Å². The second-order valence-corrected chi connectivity index (χ2v) is 7.17. The second-order valence-electron chi connectivity index (χ2n) is 7.17. The van der Waals surface area contributed by atoms with Crippen molar-refractivity contribution in [2.24, 2.45) is 17.3 Å². The van der Waals surface area contributed by atoms with Gasteiger partial charge in [-0.05, 0) is 37.5 Å². The van der Waals surface area contributed by atoms with Crippen molar-refractivity contribution in [2.45, 2.75) is 65.4 Å². The van der Waals surface area contributed by atoms with Crippen LogP contribution in [-0.2, 0) is 4.79 Å². The maximum absolute atomic E-state index is 12.9. The van der Waals surface area contributed by atoms with Gasteiger partial charge in [0.1, 0.15) is 0 Å². The first-order valence-electron chi connectivity index (χ1n) is 7.92. The first-order valence-corrected chi connectivity index (χ1v) is 7.92. The molecule has 0 spiro atoms. The molecule has 1 N–H and O–H groups in total. The van der Waals surface area contributed by atoms with Gasteiger partial charge in [0.05, 0.1) is 6.10 Å². The highest BCUT2D eigenvalue weighted by atomic mass is 16.3. The summed E-state index contributed by atoms with van der Waals surface area (Å²) >= 11 is 0. The van der Waals surface area contributed by atoms with E-state index in [1.54, 1.807) is 0 Å². The number of amides is 1. The molecule has 1 aliphatic carbocycles. The lowest BCUT2D eigenvalue weighted by Crippen LogP contribution is -2.51. The number of nitrogens with zero attached hydrogens (tertiary/aromatic N) is 1. The Kier molecular flexibility index (Phi) is 4.54. The standard InChI is InChI=1S/C16H29NO2/c1-12(2)10-16(7-4-5-8-16)15(19)17-9-6-13(3)14(18)11-17/h12-14,18H,4-11H2,1-3H3. The van der Waals surface area contributed by atoms with E-state index in [1.807, 2.05) is 4.90 Å². The third kappa shape index (κ3) is 3.13. The number of carbonyl (C=O) groups is 1. The summed E-state index contributed by atoms with van der Waals surface area (Å²) in [7, 11) is 0. The fourth-order valence-electron chi connectivity index (χ4n) is 3.91. The summed E-state index contributed by atoms with van der Waals surface area (Å²) < 4.78 is 0. The molecule has 3 heteroatoms. The van der Waals surface area contributed by atoms with Crippen LogP contribution in [0.2, 0.25) is 0 Å². The maximum Gasteiger partial charge on any atom is 0.228 e. The zero-order chi connectivity index (χ0) is 14.0. The van der Waals surface area contributed by atoms with E-state index in [0.717, 1.165) is 32.2 Å². The van der Waals surface area contributed by atoms with Crippen LogP contribution >= 0.6 is 0 Å². The van der Waals surface area contributed by atoms with Crippen molar-refractivity contribution in [3.05, 3.63) is 0 Å². The molecule has 1 saturated carbocycles. The number of aliphatic hydroxyl groups excluding tert-OH is 1. The minimum atomic E-state index is -0.338. The van der Waals surface area contributed by atoms with Crippen LogP contribution in [0.25, 0.3) is 0 Å². The van der Waals surface area contributed by atoms with Gasteiger partial charge in [0, 0.05) is 18.5 Å². The molecule has 2 fully saturated rings. The first kappa shape index (κ1) is 14.8. The highest BCUT2D eigenvalue weighted by Crippen LogP contribution is 2.45. The van der Waals surface area contributed by atoms with E-state index in [2.05, 4.69) is 20.8 Å². The van der Waals surface area contributed by atoms with Gasteiger partial charge in [-0.1, -0.05) is 33.6 Å². The SMILES string of the molecule is CC(C)CC1(C(=O)N2CCC(C)C(O)C2)CCCC1. The Balaban J connectivity index is 2.07. The summed E-state index contributed by atoms with van der Waals surface area (Å²) in [4.78, 5) is 14.9. The Bertz CT molecular complexity index is 321. The number of rotatable bonds is 3. The van der Waals surface area contributed by atoms with E-state index in [9.17, 15) is 9.90 Å². The van der Waals surface area contributed by atoms with Gasteiger partial charge in [-0.2, -0.15) is 0 Å². The monoisotopic (exact) mass is 267 g/mol. The van der Waals surface area contributed by atoms with Crippen LogP contribution in [-0.4, -0.2) is 35.1 Å². The quantitative estimate of drug-likeness (QED) is 0.854. The lowest BCUT2D eigenvalue weighted by Gasteiger charge is -2.40. The Morgan fingerprint density at radius 2 is 2.00 bits per heavy atom. The molecule has 1 aliphatic heterocycles. The predicted molar refractivity (Wildman–Crippen MR) is 76.7 cm³/mol. The molecule has 0 radical (unpaired) electrons. The molecular formula is C16H29NO2. The number of carbonyl (C=O) groups excluding carboxylic acids is 1. The van der Waals surface area contributed by atoms with Crippen molar-refractivity contribution in [3.8, 4) is 0 Å². The van der Waals surface area contributed by atoms with Crippen LogP contribution in [0.1, 0.15) is 59.3 Å². The van der Waals surface area contributed by atoms with Crippen molar-refractivity contribution >= 4 is 5.91 Å². The molecule has 0 aromatic heterocycles. The molecule has 2 rings (SSSR count). The molecule has 2 unspecified atom stereocenters. The number of hydrogen-bond acceptors (Lipinski definition) is 2. The lowest BCUT2D eigenvalue weighted by atomic mass is 9.76. The van der Waals surface area contributed by atoms with Crippen molar-refractivity contribution in [2.75, 3.05) is 13.1 Å². The number of likely N-dealkylation sites (tertiary alicyclic amines) is 1. The lowest BCUT2D eigenvalue weighted by molar-refractivity contribution is -0.147. The minimum absolute atomic E-state index is 0.117. The van der Waals surface area contributed by atoms with E-state index in [0.29, 0.717) is 24.3 Å². The predicted octanol–water partition coefficient (Wildman–Crippen LogP) is 2.82. The van der Waals surface area contributed by atoms with Gasteiger partial charge in [-0.15, -0.1) is 0 Å². The molecule has 0 aromatic carbocycles. The average molecular weight is 267 g/mol. The van der Waals surface area contributed by atoms with Gasteiger partial charge in [0.15, 0.2) is 0 Å². The largest absolute Gasteiger partial charge is 0.391 e. The second kappa shape index (κ2) is 5.82. The van der Waals surface area contributed by atoms with E-state index >= 15 is 0 Å². The number of β-amino-alcohol motifs (C(OH)–C–C–N with tert-alkyl or cyclic N) is 1. The van der Waals surface area contributed by atoms with E-state index in [1.165, 1.54) is 12.8 Å². The highest BCUT2D eigenvalue weighted by Gasteiger charge is 2.44. The summed E-state index contributed by atoms with van der Waals surface area (Å²) in [6, 6.07) is 0. The summed E-state index contributed by atoms with van der Waals surface area (Å²) in [6.07, 6.45) is 6.07. The molecule has 1 saturated heterocycles. The van der Waals surface area contributed by atoms with E-state index < -0.39 is 0 Å². The third-order valence-corrected chi connectivity index (χ3v) is 5.02. The molecule has 19 heavy (non-hydrogen) atoms. The molecule has 2 aliphatic rings. The smallest absolute Gasteiger partial charge is 0.228 e. The zero-order valence-corrected chi connectivity index (χ0v) is 12.7. The van der Waals surface area contributed by atoms with Crippen molar-refractivity contribution in [1.82, 2.24) is 4.90 Å². The number of piperidine rings is 1. The fourth-order valence-corrected chi connectivity index (χ4v) is 3.91. The van der Waals surface area contributed by atoms with Crippen molar-refractivity contribution in [3.63, 3.8) is 0 Å². The molecule has 0 aromatic rings. The van der Waals surface area contributed by atoms with Gasteiger partial charge in [-0.3, -0.25) is 4.79 Å². The average Bonchev–Trinajstić information content (AvgIpc) is 2.80. The first-order chi connectivity index (χ1) is 8.94. The van der Waals surface area contributed by atoms with Gasteiger partial charge in [-0.25, -0.2) is 0 Å². The zero-order valence-electron chi connectivity index (χ0n) is 12.7. The van der Waals surface area contributed by atoms with Crippen LogP contribution in [0.15, 0.2) is 0 Å². The van der Waals surface area contributed by atoms with Gasteiger partial charge in [0.25, 0.3) is 0 Å². The summed E-state index contributed by atoms with van der Waals surface area (Å²) in [5.41, 5.74) is -0.117. The number of hydrogen-bond donors (Lipinski definition) is 1. The Hall–Kier alpha value is -0.570. The summed E-state index contributed by atoms with van der Waals surface area (Å²) in [5, 5.41) is 10.0. The maximum atomic E-state index is 12.9. The van der Waals surface area contributed by atoms with Crippen molar-refractivity contribution in [1.29, 1.82) is 0 Å². The van der Waals surface area contributed by atoms with Crippen LogP contribution in [0.4, 0.5) is 0 Å². The molecule has 1 heterocycles. The summed E-state index contributed by atoms with van der Waals surface area (Å²) in [6.45, 7) is 7.86. The molecule has 1 amide bonds. The molecule has 3 nitrogen and oxygen atoms in total. The molecule has 2 atom stereocenters.